The SMILES string of the molecule is C=CCO[C@@H]1OC(COCc2ccccc2)[C@H](C)[C@H](OC2OC(COC(=O)c3ccccc3)C(C)C(OCc3ccc4ccccc4c3)C2C)C1OC(=O)c1ccccc1. The zero-order valence-electron chi connectivity index (χ0n) is 34.4. The van der Waals surface area contributed by atoms with E-state index in [1.807, 2.05) is 75.4 Å². The van der Waals surface area contributed by atoms with Crippen LogP contribution in [0, 0.1) is 17.8 Å². The van der Waals surface area contributed by atoms with Crippen molar-refractivity contribution in [3.05, 3.63) is 168 Å². The van der Waals surface area contributed by atoms with Crippen LogP contribution in [-0.2, 0) is 51.1 Å². The summed E-state index contributed by atoms with van der Waals surface area (Å²) in [6.07, 6.45) is -3.59. The minimum Gasteiger partial charge on any atom is -0.459 e. The highest BCUT2D eigenvalue weighted by Crippen LogP contribution is 2.39. The normalized spacial score (nSPS) is 26.6. The molecule has 0 bridgehead atoms. The van der Waals surface area contributed by atoms with E-state index in [9.17, 15) is 9.59 Å². The highest BCUT2D eigenvalue weighted by molar-refractivity contribution is 5.90. The molecule has 0 spiro atoms. The Morgan fingerprint density at radius 1 is 0.583 bits per heavy atom. The highest BCUT2D eigenvalue weighted by Gasteiger charge is 2.51. The van der Waals surface area contributed by atoms with E-state index in [1.165, 1.54) is 0 Å². The van der Waals surface area contributed by atoms with Gasteiger partial charge in [-0.05, 0) is 52.2 Å². The van der Waals surface area contributed by atoms with Crippen molar-refractivity contribution in [3.63, 3.8) is 0 Å². The minimum absolute atomic E-state index is 0.0336. The number of carbonyl (C=O) groups is 2. The molecule has 2 saturated heterocycles. The van der Waals surface area contributed by atoms with Gasteiger partial charge in [0.05, 0.1) is 55.9 Å². The fourth-order valence-electron chi connectivity index (χ4n) is 7.89. The van der Waals surface area contributed by atoms with Gasteiger partial charge in [0.1, 0.15) is 12.7 Å². The van der Waals surface area contributed by atoms with E-state index in [0.29, 0.717) is 24.3 Å². The Bertz CT molecular complexity index is 2130. The van der Waals surface area contributed by atoms with E-state index >= 15 is 0 Å². The number of carbonyl (C=O) groups excluding carboxylic acids is 2. The molecule has 7 unspecified atom stereocenters. The van der Waals surface area contributed by atoms with Crippen LogP contribution in [0.25, 0.3) is 10.8 Å². The van der Waals surface area contributed by atoms with Crippen molar-refractivity contribution in [2.24, 2.45) is 17.8 Å². The van der Waals surface area contributed by atoms with Gasteiger partial charge in [-0.1, -0.05) is 130 Å². The summed E-state index contributed by atoms with van der Waals surface area (Å²) in [6.45, 7) is 10.9. The molecule has 10 nitrogen and oxygen atoms in total. The molecule has 0 saturated carbocycles. The highest BCUT2D eigenvalue weighted by atomic mass is 16.7. The molecule has 10 heteroatoms. The summed E-state index contributed by atoms with van der Waals surface area (Å²) >= 11 is 0. The van der Waals surface area contributed by atoms with Crippen LogP contribution in [0.4, 0.5) is 0 Å². The zero-order valence-corrected chi connectivity index (χ0v) is 34.4. The Morgan fingerprint density at radius 2 is 1.18 bits per heavy atom. The van der Waals surface area contributed by atoms with E-state index in [0.717, 1.165) is 21.9 Å². The van der Waals surface area contributed by atoms with E-state index in [2.05, 4.69) is 36.9 Å². The Kier molecular flexibility index (Phi) is 14.9. The van der Waals surface area contributed by atoms with Crippen molar-refractivity contribution in [2.75, 3.05) is 19.8 Å². The van der Waals surface area contributed by atoms with Crippen molar-refractivity contribution in [3.8, 4) is 0 Å². The van der Waals surface area contributed by atoms with Gasteiger partial charge in [-0.2, -0.15) is 0 Å². The molecule has 0 radical (unpaired) electrons. The van der Waals surface area contributed by atoms with Crippen LogP contribution in [0.5, 0.6) is 0 Å². The molecule has 60 heavy (non-hydrogen) atoms. The second kappa shape index (κ2) is 20.9. The molecular weight excluding hydrogens is 761 g/mol. The lowest BCUT2D eigenvalue weighted by Gasteiger charge is -2.49. The fourth-order valence-corrected chi connectivity index (χ4v) is 7.89. The van der Waals surface area contributed by atoms with Gasteiger partial charge in [0.25, 0.3) is 0 Å². The minimum atomic E-state index is -1.03. The first-order chi connectivity index (χ1) is 29.3. The van der Waals surface area contributed by atoms with Gasteiger partial charge >= 0.3 is 11.9 Å². The van der Waals surface area contributed by atoms with Crippen LogP contribution in [0.2, 0.25) is 0 Å². The quantitative estimate of drug-likeness (QED) is 0.0667. The standard InChI is InChI=1S/C50H54O10/c1-5-27-54-50-46(59-48(52)40-22-13-8-14-23-40)45(34(3)42(58-50)31-53-29-36-17-9-6-10-18-36)60-49-35(4)44(55-30-37-25-26-38-19-15-16-24-41(38)28-37)33(2)43(57-49)32-56-47(51)39-20-11-7-12-21-39/h5-26,28,33-35,42-46,49-50H,1,27,29-32H2,2-4H3/t33?,34-,35?,42?,43?,44?,45-,46?,49?,50+/m0/s1. The second-order valence-electron chi connectivity index (χ2n) is 15.5. The lowest BCUT2D eigenvalue weighted by atomic mass is 9.85. The van der Waals surface area contributed by atoms with E-state index < -0.39 is 48.9 Å². The Labute approximate surface area is 352 Å². The molecule has 10 atom stereocenters. The monoisotopic (exact) mass is 814 g/mol. The van der Waals surface area contributed by atoms with Gasteiger partial charge in [-0.15, -0.1) is 6.58 Å². The number of rotatable bonds is 17. The zero-order chi connectivity index (χ0) is 41.8. The summed E-state index contributed by atoms with van der Waals surface area (Å²) in [5.74, 6) is -1.90. The maximum atomic E-state index is 13.7. The molecule has 2 heterocycles. The van der Waals surface area contributed by atoms with Gasteiger partial charge in [0, 0.05) is 17.8 Å². The average molecular weight is 815 g/mol. The number of fused-ring (bicyclic) bond motifs is 1. The molecule has 0 N–H and O–H groups in total. The molecule has 0 amide bonds. The molecule has 7 rings (SSSR count). The maximum Gasteiger partial charge on any atom is 0.338 e. The van der Waals surface area contributed by atoms with Gasteiger partial charge in [0.2, 0.25) is 0 Å². The summed E-state index contributed by atoms with van der Waals surface area (Å²) in [7, 11) is 0. The number of benzene rings is 5. The van der Waals surface area contributed by atoms with Crippen LogP contribution in [0.15, 0.2) is 146 Å². The molecule has 0 aromatic heterocycles. The first-order valence-corrected chi connectivity index (χ1v) is 20.7. The lowest BCUT2D eigenvalue weighted by molar-refractivity contribution is -0.342. The largest absolute Gasteiger partial charge is 0.459 e. The number of hydrogen-bond acceptors (Lipinski definition) is 10. The second-order valence-corrected chi connectivity index (χ2v) is 15.5. The van der Waals surface area contributed by atoms with Gasteiger partial charge in [-0.3, -0.25) is 0 Å². The van der Waals surface area contributed by atoms with Crippen molar-refractivity contribution < 1.29 is 47.5 Å². The Balaban J connectivity index is 1.16. The predicted molar refractivity (Wildman–Crippen MR) is 227 cm³/mol. The predicted octanol–water partition coefficient (Wildman–Crippen LogP) is 8.97. The lowest BCUT2D eigenvalue weighted by Crippen LogP contribution is -2.61. The van der Waals surface area contributed by atoms with Crippen LogP contribution in [0.1, 0.15) is 52.6 Å². The molecule has 2 aliphatic heterocycles. The third-order valence-corrected chi connectivity index (χ3v) is 11.3. The van der Waals surface area contributed by atoms with Crippen molar-refractivity contribution >= 4 is 22.7 Å². The smallest absolute Gasteiger partial charge is 0.338 e. The molecule has 5 aromatic carbocycles. The van der Waals surface area contributed by atoms with Gasteiger partial charge < -0.3 is 37.9 Å². The summed E-state index contributed by atoms with van der Waals surface area (Å²) < 4.78 is 51.7. The Hall–Kier alpha value is -5.20. The fraction of sp³-hybridized carbons (Fsp3) is 0.360. The van der Waals surface area contributed by atoms with Crippen molar-refractivity contribution in [2.45, 2.75) is 77.1 Å². The van der Waals surface area contributed by atoms with Crippen LogP contribution >= 0.6 is 0 Å². The number of esters is 2. The van der Waals surface area contributed by atoms with Gasteiger partial charge in [0.15, 0.2) is 18.7 Å². The van der Waals surface area contributed by atoms with E-state index in [1.54, 1.807) is 54.6 Å². The molecular formula is C50H54O10. The molecule has 2 fully saturated rings. The van der Waals surface area contributed by atoms with Gasteiger partial charge in [-0.25, -0.2) is 9.59 Å². The summed E-state index contributed by atoms with van der Waals surface area (Å²) in [6, 6.07) is 42.0. The average Bonchev–Trinajstić information content (AvgIpc) is 3.28. The van der Waals surface area contributed by atoms with Crippen molar-refractivity contribution in [1.82, 2.24) is 0 Å². The summed E-state index contributed by atoms with van der Waals surface area (Å²) in [5.41, 5.74) is 2.86. The molecule has 2 aliphatic rings. The Morgan fingerprint density at radius 3 is 1.88 bits per heavy atom. The van der Waals surface area contributed by atoms with E-state index in [4.69, 9.17) is 37.9 Å². The topological polar surface area (TPSA) is 108 Å². The van der Waals surface area contributed by atoms with Crippen molar-refractivity contribution in [1.29, 1.82) is 0 Å². The third kappa shape index (κ3) is 10.8. The molecule has 5 aromatic rings. The van der Waals surface area contributed by atoms with Crippen LogP contribution < -0.4 is 0 Å². The van der Waals surface area contributed by atoms with Crippen LogP contribution in [-0.4, -0.2) is 74.9 Å². The van der Waals surface area contributed by atoms with Crippen LogP contribution in [0.3, 0.4) is 0 Å². The number of hydrogen-bond donors (Lipinski definition) is 0. The first-order valence-electron chi connectivity index (χ1n) is 20.7. The third-order valence-electron chi connectivity index (χ3n) is 11.3. The first kappa shape index (κ1) is 42.9. The summed E-state index contributed by atoms with van der Waals surface area (Å²) in [4.78, 5) is 26.9. The summed E-state index contributed by atoms with van der Waals surface area (Å²) in [5, 5.41) is 2.27. The number of ether oxygens (including phenoxy) is 8. The molecule has 314 valence electrons. The van der Waals surface area contributed by atoms with E-state index in [-0.39, 0.29) is 43.7 Å². The molecule has 0 aliphatic carbocycles. The maximum absolute atomic E-state index is 13.7.